The molecule has 31 heavy (non-hydrogen) atoms. The van der Waals surface area contributed by atoms with Crippen molar-refractivity contribution >= 4 is 19.1 Å². The minimum absolute atomic E-state index is 0.147. The number of hydrogen-bond donors (Lipinski definition) is 0. The first kappa shape index (κ1) is 24.7. The molecule has 0 aromatic carbocycles. The van der Waals surface area contributed by atoms with E-state index in [4.69, 9.17) is 12.8 Å². The molecule has 162 valence electrons. The van der Waals surface area contributed by atoms with Crippen molar-refractivity contribution < 1.29 is 0 Å². The number of aromatic nitrogens is 2. The van der Waals surface area contributed by atoms with Crippen LogP contribution in [0.5, 0.6) is 0 Å². The summed E-state index contributed by atoms with van der Waals surface area (Å²) < 4.78 is 2.30. The van der Waals surface area contributed by atoms with E-state index in [0.717, 1.165) is 48.5 Å². The molecule has 1 heterocycles. The van der Waals surface area contributed by atoms with Gasteiger partial charge < -0.3 is 0 Å². The minimum atomic E-state index is 0.147. The molecule has 1 aromatic rings. The maximum absolute atomic E-state index is 6.53. The molecule has 1 aromatic heterocycles. The van der Waals surface area contributed by atoms with Gasteiger partial charge in [0, 0.05) is 17.0 Å². The maximum atomic E-state index is 6.53. The van der Waals surface area contributed by atoms with Crippen LogP contribution in [0.1, 0.15) is 69.6 Å². The van der Waals surface area contributed by atoms with Crippen molar-refractivity contribution in [3.8, 4) is 0 Å². The first-order chi connectivity index (χ1) is 15.2. The second-order valence-electron chi connectivity index (χ2n) is 8.00. The van der Waals surface area contributed by atoms with Gasteiger partial charge in [-0.25, -0.2) is 4.98 Å². The Kier molecular flexibility index (Phi) is 10.9. The summed E-state index contributed by atoms with van der Waals surface area (Å²) >= 11 is 0. The SMILES string of the molecule is [B]C1CCCCCCCc2c(nc(C(/C=C\C)=C/C=C\C)n2C(/C=C\C=C)=C/C=C)C1. The Morgan fingerprint density at radius 2 is 1.74 bits per heavy atom. The summed E-state index contributed by atoms with van der Waals surface area (Å²) in [5.74, 6) is 1.10. The van der Waals surface area contributed by atoms with Crippen molar-refractivity contribution in [1.29, 1.82) is 0 Å². The monoisotopic (exact) mass is 412 g/mol. The smallest absolute Gasteiger partial charge is 0.145 e. The molecule has 0 spiro atoms. The highest BCUT2D eigenvalue weighted by atomic mass is 15.1. The van der Waals surface area contributed by atoms with Crippen molar-refractivity contribution in [3.05, 3.63) is 91.1 Å². The standard InChI is InChI=1S/C28H37BN2/c1-5-9-18-23(16-7-3)28-30-26-22-24(29)19-14-12-11-13-15-21-27(26)31(28)25(17-8-4)20-10-6-2/h5-10,16-18,20,24H,2,4,11-15,19,21-22H2,1,3H3/b9-5-,16-7-,20-10-,23-18+,25-17+. The van der Waals surface area contributed by atoms with E-state index in [-0.39, 0.29) is 5.82 Å². The lowest BCUT2D eigenvalue weighted by molar-refractivity contribution is 0.584. The van der Waals surface area contributed by atoms with Gasteiger partial charge in [0.25, 0.3) is 0 Å². The summed E-state index contributed by atoms with van der Waals surface area (Å²) in [6.45, 7) is 11.9. The molecule has 1 unspecified atom stereocenters. The van der Waals surface area contributed by atoms with Gasteiger partial charge in [0.2, 0.25) is 0 Å². The van der Waals surface area contributed by atoms with E-state index >= 15 is 0 Å². The van der Waals surface area contributed by atoms with Gasteiger partial charge in [-0.1, -0.05) is 99.7 Å². The van der Waals surface area contributed by atoms with Crippen LogP contribution in [0.3, 0.4) is 0 Å². The Hall–Kier alpha value is -2.55. The summed E-state index contributed by atoms with van der Waals surface area (Å²) in [4.78, 5) is 5.18. The Balaban J connectivity index is 2.77. The van der Waals surface area contributed by atoms with Crippen LogP contribution in [0.25, 0.3) is 11.3 Å². The summed E-state index contributed by atoms with van der Waals surface area (Å²) in [5.41, 5.74) is 4.51. The molecule has 1 aliphatic rings. The Bertz CT molecular complexity index is 877. The number of hydrogen-bond acceptors (Lipinski definition) is 1. The summed E-state index contributed by atoms with van der Waals surface area (Å²) in [7, 11) is 6.53. The third kappa shape index (κ3) is 7.27. The quantitative estimate of drug-likeness (QED) is 0.333. The van der Waals surface area contributed by atoms with Gasteiger partial charge in [-0.3, -0.25) is 4.57 Å². The van der Waals surface area contributed by atoms with E-state index < -0.39 is 0 Å². The molecule has 2 nitrogen and oxygen atoms in total. The van der Waals surface area contributed by atoms with Gasteiger partial charge in [-0.2, -0.15) is 0 Å². The summed E-state index contributed by atoms with van der Waals surface area (Å²) in [6.07, 6.45) is 29.2. The molecule has 2 rings (SSSR count). The Morgan fingerprint density at radius 3 is 2.45 bits per heavy atom. The van der Waals surface area contributed by atoms with Crippen molar-refractivity contribution in [3.63, 3.8) is 0 Å². The van der Waals surface area contributed by atoms with E-state index in [0.29, 0.717) is 0 Å². The molecule has 0 N–H and O–H groups in total. The highest BCUT2D eigenvalue weighted by Gasteiger charge is 2.22. The predicted octanol–water partition coefficient (Wildman–Crippen LogP) is 7.58. The van der Waals surface area contributed by atoms with Crippen LogP contribution in [0.2, 0.25) is 5.82 Å². The fraction of sp³-hybridized carbons (Fsp3) is 0.393. The van der Waals surface area contributed by atoms with E-state index in [1.54, 1.807) is 6.08 Å². The molecule has 0 aliphatic heterocycles. The average Bonchev–Trinajstić information content (AvgIpc) is 3.09. The maximum Gasteiger partial charge on any atom is 0.145 e. The summed E-state index contributed by atoms with van der Waals surface area (Å²) in [6, 6.07) is 0. The van der Waals surface area contributed by atoms with Gasteiger partial charge in [0.1, 0.15) is 5.82 Å². The largest absolute Gasteiger partial charge is 0.296 e. The zero-order valence-electron chi connectivity index (χ0n) is 19.4. The van der Waals surface area contributed by atoms with Gasteiger partial charge >= 0.3 is 0 Å². The molecule has 2 radical (unpaired) electrons. The van der Waals surface area contributed by atoms with Crippen LogP contribution in [0.15, 0.2) is 73.9 Å². The molecule has 1 atom stereocenters. The van der Waals surface area contributed by atoms with Crippen LogP contribution in [0.4, 0.5) is 0 Å². The minimum Gasteiger partial charge on any atom is -0.296 e. The van der Waals surface area contributed by atoms with Crippen LogP contribution >= 0.6 is 0 Å². The number of nitrogens with zero attached hydrogens (tertiary/aromatic N) is 2. The molecule has 0 saturated heterocycles. The lowest BCUT2D eigenvalue weighted by Gasteiger charge is -2.15. The van der Waals surface area contributed by atoms with E-state index in [1.807, 2.05) is 38.2 Å². The van der Waals surface area contributed by atoms with Crippen LogP contribution in [-0.4, -0.2) is 17.4 Å². The molecular weight excluding hydrogens is 375 g/mol. The normalized spacial score (nSPS) is 19.6. The second-order valence-corrected chi connectivity index (χ2v) is 8.00. The fourth-order valence-electron chi connectivity index (χ4n) is 4.05. The second kappa shape index (κ2) is 13.7. The lowest BCUT2D eigenvalue weighted by Crippen LogP contribution is -2.07. The molecule has 1 aliphatic carbocycles. The average molecular weight is 412 g/mol. The molecule has 0 bridgehead atoms. The zero-order chi connectivity index (χ0) is 22.5. The first-order valence-corrected chi connectivity index (χ1v) is 11.6. The number of rotatable bonds is 7. The van der Waals surface area contributed by atoms with Gasteiger partial charge in [0.05, 0.1) is 13.5 Å². The van der Waals surface area contributed by atoms with Crippen molar-refractivity contribution in [2.24, 2.45) is 0 Å². The first-order valence-electron chi connectivity index (χ1n) is 11.6. The molecule has 0 fully saturated rings. The molecule has 3 heteroatoms. The van der Waals surface area contributed by atoms with Gasteiger partial charge in [0.15, 0.2) is 0 Å². The highest BCUT2D eigenvalue weighted by molar-refractivity contribution is 6.11. The van der Waals surface area contributed by atoms with Crippen LogP contribution in [-0.2, 0) is 12.8 Å². The lowest BCUT2D eigenvalue weighted by atomic mass is 9.79. The van der Waals surface area contributed by atoms with Crippen molar-refractivity contribution in [2.45, 2.75) is 71.0 Å². The number of imidazole rings is 1. The Morgan fingerprint density at radius 1 is 0.968 bits per heavy atom. The zero-order valence-corrected chi connectivity index (χ0v) is 19.4. The van der Waals surface area contributed by atoms with Gasteiger partial charge in [-0.15, -0.1) is 0 Å². The third-order valence-corrected chi connectivity index (χ3v) is 5.52. The van der Waals surface area contributed by atoms with Crippen molar-refractivity contribution in [2.75, 3.05) is 0 Å². The van der Waals surface area contributed by atoms with E-state index in [1.165, 1.54) is 31.4 Å². The third-order valence-electron chi connectivity index (χ3n) is 5.52. The highest BCUT2D eigenvalue weighted by Crippen LogP contribution is 2.30. The summed E-state index contributed by atoms with van der Waals surface area (Å²) in [5, 5.41) is 0. The van der Waals surface area contributed by atoms with E-state index in [9.17, 15) is 0 Å². The Labute approximate surface area is 191 Å². The number of allylic oxidation sites excluding steroid dienone is 12. The molecule has 0 saturated carbocycles. The predicted molar refractivity (Wildman–Crippen MR) is 138 cm³/mol. The fourth-order valence-corrected chi connectivity index (χ4v) is 4.05. The van der Waals surface area contributed by atoms with Gasteiger partial charge in [-0.05, 0) is 45.3 Å². The van der Waals surface area contributed by atoms with Crippen LogP contribution in [0, 0.1) is 0 Å². The molecule has 0 amide bonds. The number of fused-ring (bicyclic) bond motifs is 1. The van der Waals surface area contributed by atoms with Crippen LogP contribution < -0.4 is 0 Å². The topological polar surface area (TPSA) is 17.8 Å². The van der Waals surface area contributed by atoms with E-state index in [2.05, 4.69) is 48.1 Å². The van der Waals surface area contributed by atoms with Crippen molar-refractivity contribution in [1.82, 2.24) is 9.55 Å². The molecular formula is C28H37BN2.